The molecule has 21 heavy (non-hydrogen) atoms. The fourth-order valence-electron chi connectivity index (χ4n) is 2.32. The molecule has 110 valence electrons. The maximum Gasteiger partial charge on any atom is 0.214 e. The molecule has 4 heteroatoms. The number of aryl methyl sites for hydroxylation is 1. The van der Waals surface area contributed by atoms with Gasteiger partial charge in [0.15, 0.2) is 0 Å². The summed E-state index contributed by atoms with van der Waals surface area (Å²) in [4.78, 5) is 0. The van der Waals surface area contributed by atoms with Gasteiger partial charge in [-0.3, -0.25) is 0 Å². The van der Waals surface area contributed by atoms with Gasteiger partial charge in [0, 0.05) is 6.54 Å². The predicted octanol–water partition coefficient (Wildman–Crippen LogP) is 3.24. The highest BCUT2D eigenvalue weighted by Gasteiger charge is 2.35. The minimum absolute atomic E-state index is 0.163. The molecule has 0 bridgehead atoms. The Hall–Kier alpha value is -1.65. The van der Waals surface area contributed by atoms with Crippen molar-refractivity contribution in [3.05, 3.63) is 59.7 Å². The molecule has 2 aromatic rings. The van der Waals surface area contributed by atoms with E-state index in [0.717, 1.165) is 24.0 Å². The minimum atomic E-state index is -3.10. The summed E-state index contributed by atoms with van der Waals surface area (Å²) in [6, 6.07) is 16.4. The molecule has 0 spiro atoms. The molecule has 0 radical (unpaired) electrons. The van der Waals surface area contributed by atoms with Crippen molar-refractivity contribution in [1.82, 2.24) is 4.72 Å². The molecule has 2 aromatic carbocycles. The zero-order valence-electron chi connectivity index (χ0n) is 12.0. The van der Waals surface area contributed by atoms with Crippen molar-refractivity contribution in [3.8, 4) is 11.1 Å². The number of benzene rings is 2. The number of hydrogen-bond acceptors (Lipinski definition) is 2. The molecule has 1 N–H and O–H groups in total. The Morgan fingerprint density at radius 2 is 1.76 bits per heavy atom. The molecule has 0 heterocycles. The van der Waals surface area contributed by atoms with Crippen LogP contribution < -0.4 is 4.72 Å². The molecule has 0 unspecified atom stereocenters. The quantitative estimate of drug-likeness (QED) is 0.921. The molecular weight excluding hydrogens is 282 g/mol. The molecule has 0 amide bonds. The molecule has 3 rings (SSSR count). The van der Waals surface area contributed by atoms with Gasteiger partial charge in [-0.25, -0.2) is 13.1 Å². The number of rotatable bonds is 5. The van der Waals surface area contributed by atoms with Crippen molar-refractivity contribution in [2.45, 2.75) is 31.6 Å². The lowest BCUT2D eigenvalue weighted by atomic mass is 10.0. The Balaban J connectivity index is 1.69. The lowest BCUT2D eigenvalue weighted by Gasteiger charge is -2.07. The molecule has 0 aliphatic heterocycles. The molecular formula is C17H19NO2S. The van der Waals surface area contributed by atoms with Gasteiger partial charge in [-0.2, -0.15) is 0 Å². The number of nitrogens with one attached hydrogen (secondary N) is 1. The second kappa shape index (κ2) is 5.62. The Labute approximate surface area is 126 Å². The Bertz CT molecular complexity index is 732. The van der Waals surface area contributed by atoms with E-state index in [9.17, 15) is 8.42 Å². The van der Waals surface area contributed by atoms with Crippen LogP contribution in [0.2, 0.25) is 0 Å². The van der Waals surface area contributed by atoms with Crippen LogP contribution in [0, 0.1) is 6.92 Å². The normalized spacial score (nSPS) is 15.1. The van der Waals surface area contributed by atoms with Crippen LogP contribution in [0.5, 0.6) is 0 Å². The second-order valence-electron chi connectivity index (χ2n) is 5.63. The van der Waals surface area contributed by atoms with Gasteiger partial charge in [0.2, 0.25) is 10.0 Å². The van der Waals surface area contributed by atoms with Gasteiger partial charge in [0.05, 0.1) is 5.25 Å². The summed E-state index contributed by atoms with van der Waals surface area (Å²) in [5.74, 6) is 0. The fourth-order valence-corrected chi connectivity index (χ4v) is 3.68. The van der Waals surface area contributed by atoms with Crippen LogP contribution in [-0.4, -0.2) is 13.7 Å². The smallest absolute Gasteiger partial charge is 0.212 e. The van der Waals surface area contributed by atoms with Crippen LogP contribution >= 0.6 is 0 Å². The average molecular weight is 301 g/mol. The lowest BCUT2D eigenvalue weighted by molar-refractivity contribution is 0.580. The van der Waals surface area contributed by atoms with Crippen LogP contribution in [-0.2, 0) is 16.6 Å². The monoisotopic (exact) mass is 301 g/mol. The first-order valence-corrected chi connectivity index (χ1v) is 8.74. The zero-order valence-corrected chi connectivity index (χ0v) is 12.9. The Kier molecular flexibility index (Phi) is 3.83. The van der Waals surface area contributed by atoms with Gasteiger partial charge in [-0.15, -0.1) is 0 Å². The third-order valence-corrected chi connectivity index (χ3v) is 5.64. The third-order valence-electron chi connectivity index (χ3n) is 3.75. The Morgan fingerprint density at radius 3 is 2.38 bits per heavy atom. The second-order valence-corrected chi connectivity index (χ2v) is 7.68. The summed E-state index contributed by atoms with van der Waals surface area (Å²) in [5.41, 5.74) is 4.54. The van der Waals surface area contributed by atoms with Crippen LogP contribution in [0.25, 0.3) is 11.1 Å². The summed E-state index contributed by atoms with van der Waals surface area (Å²) in [5, 5.41) is -0.163. The lowest BCUT2D eigenvalue weighted by Crippen LogP contribution is -2.26. The van der Waals surface area contributed by atoms with Crippen molar-refractivity contribution in [2.75, 3.05) is 0 Å². The largest absolute Gasteiger partial charge is 0.214 e. The van der Waals surface area contributed by atoms with Gasteiger partial charge >= 0.3 is 0 Å². The molecule has 1 aliphatic rings. The molecule has 3 nitrogen and oxygen atoms in total. The molecule has 1 aliphatic carbocycles. The van der Waals surface area contributed by atoms with Gasteiger partial charge in [-0.05, 0) is 36.5 Å². The highest BCUT2D eigenvalue weighted by atomic mass is 32.2. The van der Waals surface area contributed by atoms with E-state index in [2.05, 4.69) is 29.8 Å². The van der Waals surface area contributed by atoms with E-state index >= 15 is 0 Å². The summed E-state index contributed by atoms with van der Waals surface area (Å²) in [6.07, 6.45) is 1.59. The molecule has 1 saturated carbocycles. The van der Waals surface area contributed by atoms with Gasteiger partial charge < -0.3 is 0 Å². The molecule has 0 aromatic heterocycles. The summed E-state index contributed by atoms with van der Waals surface area (Å²) in [6.45, 7) is 2.44. The highest BCUT2D eigenvalue weighted by Crippen LogP contribution is 2.27. The number of sulfonamides is 1. The van der Waals surface area contributed by atoms with Crippen molar-refractivity contribution >= 4 is 10.0 Å². The van der Waals surface area contributed by atoms with E-state index < -0.39 is 10.0 Å². The summed E-state index contributed by atoms with van der Waals surface area (Å²) >= 11 is 0. The van der Waals surface area contributed by atoms with Crippen molar-refractivity contribution in [2.24, 2.45) is 0 Å². The van der Waals surface area contributed by atoms with Crippen LogP contribution in [0.3, 0.4) is 0 Å². The van der Waals surface area contributed by atoms with Crippen LogP contribution in [0.15, 0.2) is 48.5 Å². The standard InChI is InChI=1S/C17H19NO2S/c1-13-3-2-4-16(11-13)15-7-5-14(6-8-15)12-18-21(19,20)17-9-10-17/h2-8,11,17-18H,9-10,12H2,1H3. The molecule has 0 atom stereocenters. The van der Waals surface area contributed by atoms with Crippen LogP contribution in [0.1, 0.15) is 24.0 Å². The average Bonchev–Trinajstić information content (AvgIpc) is 3.31. The van der Waals surface area contributed by atoms with E-state index in [0.29, 0.717) is 6.54 Å². The van der Waals surface area contributed by atoms with E-state index in [4.69, 9.17) is 0 Å². The fraction of sp³-hybridized carbons (Fsp3) is 0.294. The van der Waals surface area contributed by atoms with Crippen molar-refractivity contribution in [1.29, 1.82) is 0 Å². The SMILES string of the molecule is Cc1cccc(-c2ccc(CNS(=O)(=O)C3CC3)cc2)c1. The zero-order chi connectivity index (χ0) is 14.9. The van der Waals surface area contributed by atoms with E-state index in [1.165, 1.54) is 11.1 Å². The first-order valence-electron chi connectivity index (χ1n) is 7.19. The first kappa shape index (κ1) is 14.3. The summed E-state index contributed by atoms with van der Waals surface area (Å²) in [7, 11) is -3.10. The van der Waals surface area contributed by atoms with E-state index in [1.54, 1.807) is 0 Å². The molecule has 0 saturated heterocycles. The first-order chi connectivity index (χ1) is 10.0. The van der Waals surface area contributed by atoms with Gasteiger partial charge in [0.25, 0.3) is 0 Å². The van der Waals surface area contributed by atoms with Crippen molar-refractivity contribution < 1.29 is 8.42 Å². The van der Waals surface area contributed by atoms with Crippen molar-refractivity contribution in [3.63, 3.8) is 0 Å². The Morgan fingerprint density at radius 1 is 1.05 bits per heavy atom. The minimum Gasteiger partial charge on any atom is -0.212 e. The predicted molar refractivity (Wildman–Crippen MR) is 85.4 cm³/mol. The van der Waals surface area contributed by atoms with Gasteiger partial charge in [-0.1, -0.05) is 54.1 Å². The van der Waals surface area contributed by atoms with E-state index in [1.807, 2.05) is 30.3 Å². The summed E-state index contributed by atoms with van der Waals surface area (Å²) < 4.78 is 26.2. The maximum absolute atomic E-state index is 11.8. The van der Waals surface area contributed by atoms with Crippen LogP contribution in [0.4, 0.5) is 0 Å². The highest BCUT2D eigenvalue weighted by molar-refractivity contribution is 7.90. The van der Waals surface area contributed by atoms with E-state index in [-0.39, 0.29) is 5.25 Å². The topological polar surface area (TPSA) is 46.2 Å². The molecule has 1 fully saturated rings. The maximum atomic E-state index is 11.8. The van der Waals surface area contributed by atoms with Gasteiger partial charge in [0.1, 0.15) is 0 Å². The third kappa shape index (κ3) is 3.52. The number of hydrogen-bond donors (Lipinski definition) is 1.